The number of nitrogens with zero attached hydrogens (tertiary/aromatic N) is 1. The molecule has 1 amide bonds. The molecule has 0 unspecified atom stereocenters. The van der Waals surface area contributed by atoms with Gasteiger partial charge in [-0.2, -0.15) is 0 Å². The van der Waals surface area contributed by atoms with Gasteiger partial charge in [-0.25, -0.2) is 0 Å². The molecular weight excluding hydrogens is 318 g/mol. The van der Waals surface area contributed by atoms with Crippen LogP contribution in [-0.2, 0) is 0 Å². The summed E-state index contributed by atoms with van der Waals surface area (Å²) in [4.78, 5) is 14.8. The molecule has 0 bridgehead atoms. The number of ether oxygens (including phenoxy) is 2. The Morgan fingerprint density at radius 3 is 2.48 bits per heavy atom. The summed E-state index contributed by atoms with van der Waals surface area (Å²) in [6, 6.07) is 14.7. The first-order valence-corrected chi connectivity index (χ1v) is 8.40. The molecule has 132 valence electrons. The van der Waals surface area contributed by atoms with E-state index < -0.39 is 6.10 Å². The largest absolute Gasteiger partial charge is 0.497 e. The zero-order chi connectivity index (χ0) is 17.8. The van der Waals surface area contributed by atoms with Crippen LogP contribution in [0.5, 0.6) is 11.5 Å². The van der Waals surface area contributed by atoms with E-state index in [9.17, 15) is 9.90 Å². The second-order valence-electron chi connectivity index (χ2n) is 6.18. The van der Waals surface area contributed by atoms with Crippen LogP contribution in [-0.4, -0.2) is 42.7 Å². The molecule has 25 heavy (non-hydrogen) atoms. The first-order valence-electron chi connectivity index (χ1n) is 8.40. The Morgan fingerprint density at radius 2 is 1.88 bits per heavy atom. The number of benzene rings is 2. The lowest BCUT2D eigenvalue weighted by Crippen LogP contribution is -2.36. The van der Waals surface area contributed by atoms with Crippen molar-refractivity contribution >= 4 is 5.91 Å². The monoisotopic (exact) mass is 341 g/mol. The summed E-state index contributed by atoms with van der Waals surface area (Å²) in [6.45, 7) is 0.267. The van der Waals surface area contributed by atoms with Crippen molar-refractivity contribution in [2.75, 3.05) is 20.8 Å². The van der Waals surface area contributed by atoms with Gasteiger partial charge >= 0.3 is 0 Å². The molecule has 1 fully saturated rings. The van der Waals surface area contributed by atoms with E-state index in [4.69, 9.17) is 9.47 Å². The molecule has 1 N–H and O–H groups in total. The molecule has 1 aliphatic rings. The van der Waals surface area contributed by atoms with E-state index in [2.05, 4.69) is 0 Å². The Bertz CT molecular complexity index is 728. The molecule has 0 aliphatic heterocycles. The molecule has 5 heteroatoms. The minimum Gasteiger partial charge on any atom is -0.497 e. The number of hydrogen-bond donors (Lipinski definition) is 1. The van der Waals surface area contributed by atoms with E-state index in [1.807, 2.05) is 30.3 Å². The van der Waals surface area contributed by atoms with E-state index in [0.29, 0.717) is 17.1 Å². The van der Waals surface area contributed by atoms with Crippen molar-refractivity contribution in [2.24, 2.45) is 0 Å². The Labute approximate surface area is 147 Å². The van der Waals surface area contributed by atoms with E-state index >= 15 is 0 Å². The van der Waals surface area contributed by atoms with E-state index in [0.717, 1.165) is 18.4 Å². The molecule has 2 aromatic rings. The summed E-state index contributed by atoms with van der Waals surface area (Å²) in [6.07, 6.45) is 1.22. The third-order valence-electron chi connectivity index (χ3n) is 4.44. The fraction of sp³-hybridized carbons (Fsp3) is 0.350. The minimum atomic E-state index is -0.713. The molecule has 0 spiro atoms. The third kappa shape index (κ3) is 3.94. The van der Waals surface area contributed by atoms with Gasteiger partial charge in [0.25, 0.3) is 5.91 Å². The lowest BCUT2D eigenvalue weighted by molar-refractivity contribution is 0.0600. The number of methoxy groups -OCH3 is 2. The van der Waals surface area contributed by atoms with Crippen molar-refractivity contribution in [3.05, 3.63) is 59.7 Å². The molecule has 1 atom stereocenters. The van der Waals surface area contributed by atoms with Gasteiger partial charge in [-0.1, -0.05) is 30.3 Å². The Morgan fingerprint density at radius 1 is 1.16 bits per heavy atom. The standard InChI is InChI=1S/C20H23NO4/c1-24-16-10-11-17(19(12-16)25-2)20(23)21(15-8-9-15)13-18(22)14-6-4-3-5-7-14/h3-7,10-12,15,18,22H,8-9,13H2,1-2H3/t18-/m0/s1. The fourth-order valence-corrected chi connectivity index (χ4v) is 2.88. The van der Waals surface area contributed by atoms with Crippen molar-refractivity contribution in [1.82, 2.24) is 4.90 Å². The molecule has 0 heterocycles. The van der Waals surface area contributed by atoms with Crippen LogP contribution >= 0.6 is 0 Å². The van der Waals surface area contributed by atoms with Gasteiger partial charge in [0, 0.05) is 12.1 Å². The van der Waals surface area contributed by atoms with Gasteiger partial charge in [0.2, 0.25) is 0 Å². The Balaban J connectivity index is 1.82. The predicted molar refractivity (Wildman–Crippen MR) is 95.0 cm³/mol. The highest BCUT2D eigenvalue weighted by Gasteiger charge is 2.35. The van der Waals surface area contributed by atoms with Crippen LogP contribution < -0.4 is 9.47 Å². The average molecular weight is 341 g/mol. The normalized spacial score (nSPS) is 14.7. The van der Waals surface area contributed by atoms with Gasteiger partial charge in [-0.05, 0) is 30.5 Å². The number of carbonyl (C=O) groups is 1. The fourth-order valence-electron chi connectivity index (χ4n) is 2.88. The van der Waals surface area contributed by atoms with Crippen LogP contribution in [0.15, 0.2) is 48.5 Å². The number of aliphatic hydroxyl groups excluding tert-OH is 1. The van der Waals surface area contributed by atoms with Gasteiger partial charge in [0.05, 0.1) is 32.4 Å². The van der Waals surface area contributed by atoms with Crippen LogP contribution in [0, 0.1) is 0 Å². The summed E-state index contributed by atoms with van der Waals surface area (Å²) >= 11 is 0. The average Bonchev–Trinajstić information content (AvgIpc) is 3.50. The maximum atomic E-state index is 13.1. The Kier molecular flexibility index (Phi) is 5.24. The van der Waals surface area contributed by atoms with Crippen LogP contribution in [0.3, 0.4) is 0 Å². The first-order chi connectivity index (χ1) is 12.1. The van der Waals surface area contributed by atoms with Crippen LogP contribution in [0.2, 0.25) is 0 Å². The molecule has 0 aromatic heterocycles. The van der Waals surface area contributed by atoms with Crippen molar-refractivity contribution in [3.63, 3.8) is 0 Å². The SMILES string of the molecule is COc1ccc(C(=O)N(C[C@H](O)c2ccccc2)C2CC2)c(OC)c1. The Hall–Kier alpha value is -2.53. The van der Waals surface area contributed by atoms with Crippen molar-refractivity contribution in [1.29, 1.82) is 0 Å². The number of rotatable bonds is 7. The number of hydrogen-bond acceptors (Lipinski definition) is 4. The zero-order valence-electron chi connectivity index (χ0n) is 14.5. The number of amides is 1. The van der Waals surface area contributed by atoms with E-state index in [1.54, 1.807) is 30.2 Å². The molecule has 2 aromatic carbocycles. The minimum absolute atomic E-state index is 0.128. The molecular formula is C20H23NO4. The molecule has 0 radical (unpaired) electrons. The lowest BCUT2D eigenvalue weighted by Gasteiger charge is -2.26. The van der Waals surface area contributed by atoms with Gasteiger partial charge < -0.3 is 19.5 Å². The van der Waals surface area contributed by atoms with Crippen LogP contribution in [0.4, 0.5) is 0 Å². The summed E-state index contributed by atoms with van der Waals surface area (Å²) in [7, 11) is 3.11. The molecule has 1 aliphatic carbocycles. The number of carbonyl (C=O) groups excluding carboxylic acids is 1. The smallest absolute Gasteiger partial charge is 0.257 e. The van der Waals surface area contributed by atoms with Crippen molar-refractivity contribution < 1.29 is 19.4 Å². The van der Waals surface area contributed by atoms with Crippen LogP contribution in [0.1, 0.15) is 34.9 Å². The highest BCUT2D eigenvalue weighted by Crippen LogP contribution is 2.33. The summed E-state index contributed by atoms with van der Waals surface area (Å²) in [5, 5.41) is 10.5. The van der Waals surface area contributed by atoms with Crippen LogP contribution in [0.25, 0.3) is 0 Å². The lowest BCUT2D eigenvalue weighted by atomic mass is 10.1. The third-order valence-corrected chi connectivity index (χ3v) is 4.44. The summed E-state index contributed by atoms with van der Waals surface area (Å²) in [5.41, 5.74) is 1.29. The summed E-state index contributed by atoms with van der Waals surface area (Å²) < 4.78 is 10.5. The maximum Gasteiger partial charge on any atom is 0.257 e. The zero-order valence-corrected chi connectivity index (χ0v) is 14.5. The second kappa shape index (κ2) is 7.57. The molecule has 1 saturated carbocycles. The molecule has 5 nitrogen and oxygen atoms in total. The molecule has 0 saturated heterocycles. The van der Waals surface area contributed by atoms with Crippen molar-refractivity contribution in [3.8, 4) is 11.5 Å². The highest BCUT2D eigenvalue weighted by molar-refractivity contribution is 5.97. The second-order valence-corrected chi connectivity index (χ2v) is 6.18. The first kappa shape index (κ1) is 17.3. The highest BCUT2D eigenvalue weighted by atomic mass is 16.5. The van der Waals surface area contributed by atoms with Gasteiger partial charge in [0.1, 0.15) is 11.5 Å². The van der Waals surface area contributed by atoms with E-state index in [-0.39, 0.29) is 18.5 Å². The van der Waals surface area contributed by atoms with Crippen molar-refractivity contribution in [2.45, 2.75) is 25.0 Å². The topological polar surface area (TPSA) is 59.0 Å². The quantitative estimate of drug-likeness (QED) is 0.841. The van der Waals surface area contributed by atoms with E-state index in [1.165, 1.54) is 7.11 Å². The van der Waals surface area contributed by atoms with Gasteiger partial charge in [-0.3, -0.25) is 4.79 Å². The van der Waals surface area contributed by atoms with Gasteiger partial charge in [-0.15, -0.1) is 0 Å². The molecule has 3 rings (SSSR count). The predicted octanol–water partition coefficient (Wildman–Crippen LogP) is 3.04. The van der Waals surface area contributed by atoms with Gasteiger partial charge in [0.15, 0.2) is 0 Å². The maximum absolute atomic E-state index is 13.1. The summed E-state index contributed by atoms with van der Waals surface area (Å²) in [5.74, 6) is 0.983. The number of aliphatic hydroxyl groups is 1.